The van der Waals surface area contributed by atoms with Crippen molar-refractivity contribution in [3.05, 3.63) is 40.4 Å². The summed E-state index contributed by atoms with van der Waals surface area (Å²) in [6, 6.07) is 7.33. The van der Waals surface area contributed by atoms with Gasteiger partial charge in [0.15, 0.2) is 5.65 Å². The van der Waals surface area contributed by atoms with Crippen molar-refractivity contribution in [2.75, 3.05) is 0 Å². The highest BCUT2D eigenvalue weighted by Gasteiger charge is 2.12. The van der Waals surface area contributed by atoms with E-state index in [4.69, 9.17) is 16.3 Å². The van der Waals surface area contributed by atoms with Gasteiger partial charge >= 0.3 is 0 Å². The Balaban J connectivity index is 1.98. The fourth-order valence-electron chi connectivity index (χ4n) is 2.02. The second-order valence-electron chi connectivity index (χ2n) is 5.09. The van der Waals surface area contributed by atoms with Crippen LogP contribution in [0.1, 0.15) is 30.9 Å². The van der Waals surface area contributed by atoms with Gasteiger partial charge in [-0.3, -0.25) is 0 Å². The molecular weight excluding hydrogens is 290 g/mol. The van der Waals surface area contributed by atoms with Gasteiger partial charge in [-0.25, -0.2) is 0 Å². The van der Waals surface area contributed by atoms with Crippen LogP contribution in [0, 0.1) is 6.92 Å². The molecule has 0 spiro atoms. The lowest BCUT2D eigenvalue weighted by molar-refractivity contribution is 0.443. The number of hydrogen-bond acceptors (Lipinski definition) is 5. The normalized spacial score (nSPS) is 11.3. The zero-order valence-electron chi connectivity index (χ0n) is 11.9. The summed E-state index contributed by atoms with van der Waals surface area (Å²) in [5.41, 5.74) is 2.56. The molecule has 21 heavy (non-hydrogen) atoms. The van der Waals surface area contributed by atoms with Crippen LogP contribution in [0.2, 0.25) is 5.02 Å². The molecular formula is C14H14ClN5O. The molecule has 0 unspecified atom stereocenters. The van der Waals surface area contributed by atoms with Crippen LogP contribution in [-0.2, 0) is 0 Å². The Hall–Kier alpha value is -2.21. The average molecular weight is 304 g/mol. The van der Waals surface area contributed by atoms with Gasteiger partial charge < -0.3 is 4.74 Å². The first kappa shape index (κ1) is 13.8. The SMILES string of the molecule is Cc1cc(Cl)c(C(C)C)cc1Oc1ccc2nnnn2n1. The van der Waals surface area contributed by atoms with Gasteiger partial charge in [0.25, 0.3) is 0 Å². The molecule has 1 aromatic carbocycles. The lowest BCUT2D eigenvalue weighted by Gasteiger charge is -2.13. The number of tetrazole rings is 1. The number of ether oxygens (including phenoxy) is 1. The summed E-state index contributed by atoms with van der Waals surface area (Å²) in [5, 5.41) is 16.0. The zero-order valence-corrected chi connectivity index (χ0v) is 12.7. The van der Waals surface area contributed by atoms with E-state index in [-0.39, 0.29) is 0 Å². The van der Waals surface area contributed by atoms with Crippen molar-refractivity contribution >= 4 is 17.2 Å². The number of nitrogens with zero attached hydrogens (tertiary/aromatic N) is 5. The van der Waals surface area contributed by atoms with E-state index in [9.17, 15) is 0 Å². The Morgan fingerprint density at radius 3 is 2.81 bits per heavy atom. The highest BCUT2D eigenvalue weighted by atomic mass is 35.5. The molecule has 0 bridgehead atoms. The summed E-state index contributed by atoms with van der Waals surface area (Å²) in [6.45, 7) is 6.12. The molecule has 0 fully saturated rings. The highest BCUT2D eigenvalue weighted by molar-refractivity contribution is 6.31. The van der Waals surface area contributed by atoms with Gasteiger partial charge in [0.1, 0.15) is 5.75 Å². The number of aromatic nitrogens is 5. The average Bonchev–Trinajstić information content (AvgIpc) is 2.88. The molecule has 7 heteroatoms. The van der Waals surface area contributed by atoms with Crippen LogP contribution < -0.4 is 4.74 Å². The fourth-order valence-corrected chi connectivity index (χ4v) is 2.46. The van der Waals surface area contributed by atoms with Crippen LogP contribution in [0.3, 0.4) is 0 Å². The summed E-state index contributed by atoms with van der Waals surface area (Å²) in [4.78, 5) is 0. The van der Waals surface area contributed by atoms with Gasteiger partial charge in [0.2, 0.25) is 5.88 Å². The number of aryl methyl sites for hydroxylation is 1. The quantitative estimate of drug-likeness (QED) is 0.742. The smallest absolute Gasteiger partial charge is 0.239 e. The van der Waals surface area contributed by atoms with Crippen LogP contribution in [0.15, 0.2) is 24.3 Å². The van der Waals surface area contributed by atoms with Crippen molar-refractivity contribution in [1.82, 2.24) is 25.3 Å². The number of fused-ring (bicyclic) bond motifs is 1. The zero-order chi connectivity index (χ0) is 15.0. The van der Waals surface area contributed by atoms with Crippen LogP contribution >= 0.6 is 11.6 Å². The Bertz CT molecular complexity index is 799. The molecule has 3 rings (SSSR count). The van der Waals surface area contributed by atoms with E-state index in [1.165, 1.54) is 4.63 Å². The van der Waals surface area contributed by atoms with E-state index in [2.05, 4.69) is 34.5 Å². The second kappa shape index (κ2) is 5.29. The summed E-state index contributed by atoms with van der Waals surface area (Å²) in [7, 11) is 0. The maximum atomic E-state index is 6.26. The maximum absolute atomic E-state index is 6.26. The standard InChI is InChI=1S/C14H14ClN5O/c1-8(2)10-7-12(9(3)6-11(10)15)21-14-5-4-13-16-18-19-20(13)17-14/h4-8H,1-3H3. The topological polar surface area (TPSA) is 65.2 Å². The lowest BCUT2D eigenvalue weighted by atomic mass is 10.0. The van der Waals surface area contributed by atoms with Crippen LogP contribution in [0.5, 0.6) is 11.6 Å². The summed E-state index contributed by atoms with van der Waals surface area (Å²) in [5.74, 6) is 1.47. The Morgan fingerprint density at radius 1 is 1.24 bits per heavy atom. The molecule has 0 N–H and O–H groups in total. The number of rotatable bonds is 3. The molecule has 0 amide bonds. The summed E-state index contributed by atoms with van der Waals surface area (Å²) in [6.07, 6.45) is 0. The predicted molar refractivity (Wildman–Crippen MR) is 78.9 cm³/mol. The van der Waals surface area contributed by atoms with E-state index in [0.29, 0.717) is 17.4 Å². The minimum absolute atomic E-state index is 0.315. The van der Waals surface area contributed by atoms with Crippen molar-refractivity contribution in [1.29, 1.82) is 0 Å². The summed E-state index contributed by atoms with van der Waals surface area (Å²) < 4.78 is 7.17. The van der Waals surface area contributed by atoms with Crippen LogP contribution in [0.4, 0.5) is 0 Å². The van der Waals surface area contributed by atoms with E-state index in [1.54, 1.807) is 12.1 Å². The van der Waals surface area contributed by atoms with Gasteiger partial charge in [-0.1, -0.05) is 25.4 Å². The first-order chi connectivity index (χ1) is 10.0. The van der Waals surface area contributed by atoms with Crippen LogP contribution in [0.25, 0.3) is 5.65 Å². The Kier molecular flexibility index (Phi) is 3.47. The second-order valence-corrected chi connectivity index (χ2v) is 5.50. The molecule has 0 aliphatic carbocycles. The van der Waals surface area contributed by atoms with E-state index in [1.807, 2.05) is 19.1 Å². The molecule has 0 saturated heterocycles. The van der Waals surface area contributed by atoms with Gasteiger partial charge in [0, 0.05) is 11.1 Å². The van der Waals surface area contributed by atoms with E-state index < -0.39 is 0 Å². The predicted octanol–water partition coefficient (Wildman–Crippen LogP) is 3.40. The van der Waals surface area contributed by atoms with Crippen molar-refractivity contribution in [2.24, 2.45) is 0 Å². The molecule has 6 nitrogen and oxygen atoms in total. The van der Waals surface area contributed by atoms with Crippen LogP contribution in [-0.4, -0.2) is 25.3 Å². The van der Waals surface area contributed by atoms with Gasteiger partial charge in [-0.2, -0.15) is 0 Å². The molecule has 2 heterocycles. The summed E-state index contributed by atoms with van der Waals surface area (Å²) >= 11 is 6.26. The molecule has 0 radical (unpaired) electrons. The van der Waals surface area contributed by atoms with Crippen molar-refractivity contribution in [3.8, 4) is 11.6 Å². The fraction of sp³-hybridized carbons (Fsp3) is 0.286. The first-order valence-corrected chi connectivity index (χ1v) is 6.95. The molecule has 0 aliphatic rings. The van der Waals surface area contributed by atoms with Gasteiger partial charge in [0.05, 0.1) is 0 Å². The Morgan fingerprint density at radius 2 is 2.05 bits per heavy atom. The lowest BCUT2D eigenvalue weighted by Crippen LogP contribution is -1.99. The number of benzene rings is 1. The molecule has 108 valence electrons. The highest BCUT2D eigenvalue weighted by Crippen LogP contribution is 2.33. The maximum Gasteiger partial charge on any atom is 0.239 e. The van der Waals surface area contributed by atoms with Gasteiger partial charge in [-0.05, 0) is 52.6 Å². The van der Waals surface area contributed by atoms with Crippen molar-refractivity contribution in [3.63, 3.8) is 0 Å². The number of hydrogen-bond donors (Lipinski definition) is 0. The molecule has 3 aromatic rings. The van der Waals surface area contributed by atoms with Crippen molar-refractivity contribution < 1.29 is 4.74 Å². The van der Waals surface area contributed by atoms with E-state index in [0.717, 1.165) is 21.9 Å². The first-order valence-electron chi connectivity index (χ1n) is 6.58. The van der Waals surface area contributed by atoms with E-state index >= 15 is 0 Å². The Labute approximate surface area is 126 Å². The molecule has 0 aliphatic heterocycles. The van der Waals surface area contributed by atoms with Gasteiger partial charge in [-0.15, -0.1) is 14.8 Å². The molecule has 0 saturated carbocycles. The largest absolute Gasteiger partial charge is 0.437 e. The molecule has 0 atom stereocenters. The minimum atomic E-state index is 0.315. The minimum Gasteiger partial charge on any atom is -0.437 e. The molecule has 2 aromatic heterocycles. The number of halogens is 1. The third-order valence-electron chi connectivity index (χ3n) is 3.18. The van der Waals surface area contributed by atoms with Crippen molar-refractivity contribution in [2.45, 2.75) is 26.7 Å². The third kappa shape index (κ3) is 2.67. The monoisotopic (exact) mass is 303 g/mol. The third-order valence-corrected chi connectivity index (χ3v) is 3.50.